The second kappa shape index (κ2) is 5.56. The topological polar surface area (TPSA) is 58.3 Å². The predicted molar refractivity (Wildman–Crippen MR) is 69.8 cm³/mol. The molecule has 1 aromatic rings. The smallest absolute Gasteiger partial charge is 0.143 e. The fourth-order valence-corrected chi connectivity index (χ4v) is 1.61. The lowest BCUT2D eigenvalue weighted by Crippen LogP contribution is -2.24. The second-order valence-electron chi connectivity index (χ2n) is 4.84. The molecule has 0 spiro atoms. The molecule has 1 rings (SSSR count). The van der Waals surface area contributed by atoms with Crippen LogP contribution in [0.2, 0.25) is 5.02 Å². The normalized spacial score (nSPS) is 11.6. The molecule has 0 aliphatic heterocycles. The summed E-state index contributed by atoms with van der Waals surface area (Å²) >= 11 is 5.61. The van der Waals surface area contributed by atoms with Gasteiger partial charge in [-0.3, -0.25) is 0 Å². The quantitative estimate of drug-likeness (QED) is 0.714. The summed E-state index contributed by atoms with van der Waals surface area (Å²) in [6.45, 7) is 4.75. The Bertz CT molecular complexity index is 396. The van der Waals surface area contributed by atoms with E-state index < -0.39 is 5.82 Å². The van der Waals surface area contributed by atoms with Gasteiger partial charge in [0.2, 0.25) is 0 Å². The number of aliphatic hydroxyl groups excluding tert-OH is 1. The number of nitrogens with two attached hydrogens (primary N) is 1. The van der Waals surface area contributed by atoms with Gasteiger partial charge in [-0.25, -0.2) is 4.39 Å². The number of aliphatic hydroxyl groups is 1. The molecule has 0 saturated heterocycles. The lowest BCUT2D eigenvalue weighted by molar-refractivity contribution is 0.220. The molecule has 0 amide bonds. The van der Waals surface area contributed by atoms with Crippen LogP contribution in [0.4, 0.5) is 15.8 Å². The van der Waals surface area contributed by atoms with Crippen LogP contribution in [-0.2, 0) is 0 Å². The van der Waals surface area contributed by atoms with E-state index in [2.05, 4.69) is 5.32 Å². The monoisotopic (exact) mass is 260 g/mol. The summed E-state index contributed by atoms with van der Waals surface area (Å²) < 4.78 is 13.3. The highest BCUT2D eigenvalue weighted by Gasteiger charge is 2.17. The maximum Gasteiger partial charge on any atom is 0.143 e. The van der Waals surface area contributed by atoms with Crippen molar-refractivity contribution in [2.45, 2.75) is 20.3 Å². The number of benzene rings is 1. The molecular weight excluding hydrogens is 243 g/mol. The van der Waals surface area contributed by atoms with E-state index in [-0.39, 0.29) is 17.0 Å². The molecule has 0 bridgehead atoms. The Kier molecular flexibility index (Phi) is 4.60. The van der Waals surface area contributed by atoms with Crippen LogP contribution < -0.4 is 11.1 Å². The zero-order chi connectivity index (χ0) is 13.1. The zero-order valence-corrected chi connectivity index (χ0v) is 10.8. The molecule has 5 heteroatoms. The van der Waals surface area contributed by atoms with E-state index >= 15 is 0 Å². The van der Waals surface area contributed by atoms with E-state index in [1.54, 1.807) is 0 Å². The van der Waals surface area contributed by atoms with Crippen molar-refractivity contribution in [3.8, 4) is 0 Å². The number of halogens is 2. The molecule has 0 aliphatic carbocycles. The van der Waals surface area contributed by atoms with Crippen molar-refractivity contribution in [3.05, 3.63) is 23.0 Å². The van der Waals surface area contributed by atoms with Gasteiger partial charge in [0.05, 0.1) is 16.4 Å². The molecule has 4 N–H and O–H groups in total. The van der Waals surface area contributed by atoms with Crippen molar-refractivity contribution < 1.29 is 9.50 Å². The number of nitrogen functional groups attached to an aromatic ring is 1. The van der Waals surface area contributed by atoms with Crippen molar-refractivity contribution in [2.75, 3.05) is 24.2 Å². The number of hydrogen-bond acceptors (Lipinski definition) is 3. The van der Waals surface area contributed by atoms with E-state index in [0.717, 1.165) is 0 Å². The Hall–Kier alpha value is -1.00. The second-order valence-corrected chi connectivity index (χ2v) is 5.25. The highest BCUT2D eigenvalue weighted by Crippen LogP contribution is 2.28. The maximum absolute atomic E-state index is 13.3. The van der Waals surface area contributed by atoms with Crippen LogP contribution in [0.1, 0.15) is 20.3 Å². The third-order valence-corrected chi connectivity index (χ3v) is 2.93. The molecule has 0 aromatic heterocycles. The number of anilines is 2. The lowest BCUT2D eigenvalue weighted by Gasteiger charge is -2.25. The zero-order valence-electron chi connectivity index (χ0n) is 10.1. The highest BCUT2D eigenvalue weighted by molar-refractivity contribution is 6.31. The van der Waals surface area contributed by atoms with Gasteiger partial charge in [-0.05, 0) is 17.9 Å². The number of rotatable bonds is 5. The molecule has 1 aromatic carbocycles. The van der Waals surface area contributed by atoms with Crippen molar-refractivity contribution in [1.29, 1.82) is 0 Å². The summed E-state index contributed by atoms with van der Waals surface area (Å²) in [5, 5.41) is 12.0. The predicted octanol–water partition coefficient (Wildman–Crippen LogP) is 2.88. The summed E-state index contributed by atoms with van der Waals surface area (Å²) in [6.07, 6.45) is 0.663. The van der Waals surface area contributed by atoms with Crippen molar-refractivity contribution in [3.63, 3.8) is 0 Å². The van der Waals surface area contributed by atoms with Gasteiger partial charge in [0.15, 0.2) is 0 Å². The molecule has 0 saturated carbocycles. The van der Waals surface area contributed by atoms with E-state index in [1.165, 1.54) is 12.1 Å². The Morgan fingerprint density at radius 1 is 1.47 bits per heavy atom. The van der Waals surface area contributed by atoms with E-state index in [9.17, 15) is 4.39 Å². The SMILES string of the molecule is CC(C)(CCO)CNc1cc(F)c(Cl)cc1N. The Morgan fingerprint density at radius 2 is 2.12 bits per heavy atom. The lowest BCUT2D eigenvalue weighted by atomic mass is 9.89. The summed E-state index contributed by atoms with van der Waals surface area (Å²) in [7, 11) is 0. The van der Waals surface area contributed by atoms with Crippen LogP contribution in [0.5, 0.6) is 0 Å². The van der Waals surface area contributed by atoms with Gasteiger partial charge in [-0.1, -0.05) is 25.4 Å². The van der Waals surface area contributed by atoms with Gasteiger partial charge in [-0.15, -0.1) is 0 Å². The first kappa shape index (κ1) is 14.1. The van der Waals surface area contributed by atoms with Gasteiger partial charge >= 0.3 is 0 Å². The summed E-state index contributed by atoms with van der Waals surface area (Å²) in [5.74, 6) is -0.497. The highest BCUT2D eigenvalue weighted by atomic mass is 35.5. The van der Waals surface area contributed by atoms with Crippen LogP contribution in [-0.4, -0.2) is 18.3 Å². The van der Waals surface area contributed by atoms with Crippen LogP contribution in [0.15, 0.2) is 12.1 Å². The molecule has 0 fully saturated rings. The average Bonchev–Trinajstić information content (AvgIpc) is 2.21. The van der Waals surface area contributed by atoms with Crippen LogP contribution >= 0.6 is 11.6 Å². The molecule has 0 heterocycles. The molecule has 3 nitrogen and oxygen atoms in total. The summed E-state index contributed by atoms with van der Waals surface area (Å²) in [5.41, 5.74) is 6.58. The molecule has 17 heavy (non-hydrogen) atoms. The third-order valence-electron chi connectivity index (χ3n) is 2.64. The third kappa shape index (κ3) is 4.06. The van der Waals surface area contributed by atoms with Gasteiger partial charge in [0.1, 0.15) is 5.82 Å². The van der Waals surface area contributed by atoms with Gasteiger partial charge in [-0.2, -0.15) is 0 Å². The summed E-state index contributed by atoms with van der Waals surface area (Å²) in [6, 6.07) is 2.67. The van der Waals surface area contributed by atoms with E-state index in [4.69, 9.17) is 22.4 Å². The molecular formula is C12H18ClFN2O. The van der Waals surface area contributed by atoms with Gasteiger partial charge in [0, 0.05) is 19.2 Å². The minimum atomic E-state index is -0.497. The standard InChI is InChI=1S/C12H18ClFN2O/c1-12(2,3-4-17)7-16-11-6-9(14)8(13)5-10(11)15/h5-6,16-17H,3-4,7,15H2,1-2H3. The number of nitrogens with one attached hydrogen (secondary N) is 1. The first-order valence-electron chi connectivity index (χ1n) is 5.45. The van der Waals surface area contributed by atoms with Gasteiger partial charge in [0.25, 0.3) is 0 Å². The molecule has 0 radical (unpaired) electrons. The van der Waals surface area contributed by atoms with Crippen LogP contribution in [0.25, 0.3) is 0 Å². The Morgan fingerprint density at radius 3 is 2.71 bits per heavy atom. The van der Waals surface area contributed by atoms with E-state index in [0.29, 0.717) is 24.3 Å². The number of hydrogen-bond donors (Lipinski definition) is 3. The minimum absolute atomic E-state index is 0.0164. The molecule has 0 atom stereocenters. The Labute approximate surface area is 106 Å². The maximum atomic E-state index is 13.3. The molecule has 0 aliphatic rings. The van der Waals surface area contributed by atoms with Crippen molar-refractivity contribution >= 4 is 23.0 Å². The average molecular weight is 261 g/mol. The first-order chi connectivity index (χ1) is 7.85. The van der Waals surface area contributed by atoms with E-state index in [1.807, 2.05) is 13.8 Å². The van der Waals surface area contributed by atoms with Crippen molar-refractivity contribution in [1.82, 2.24) is 0 Å². The minimum Gasteiger partial charge on any atom is -0.397 e. The fourth-order valence-electron chi connectivity index (χ4n) is 1.44. The fraction of sp³-hybridized carbons (Fsp3) is 0.500. The molecule has 96 valence electrons. The summed E-state index contributed by atoms with van der Waals surface area (Å²) in [4.78, 5) is 0. The van der Waals surface area contributed by atoms with Crippen LogP contribution in [0, 0.1) is 11.2 Å². The first-order valence-corrected chi connectivity index (χ1v) is 5.83. The van der Waals surface area contributed by atoms with Gasteiger partial charge < -0.3 is 16.2 Å². The van der Waals surface area contributed by atoms with Crippen molar-refractivity contribution in [2.24, 2.45) is 5.41 Å². The Balaban J connectivity index is 2.73. The molecule has 0 unspecified atom stereocenters. The van der Waals surface area contributed by atoms with Crippen LogP contribution in [0.3, 0.4) is 0 Å². The largest absolute Gasteiger partial charge is 0.397 e.